The lowest BCUT2D eigenvalue weighted by molar-refractivity contribution is -0.0493. The number of anilines is 1. The highest BCUT2D eigenvalue weighted by Gasteiger charge is 2.23. The van der Waals surface area contributed by atoms with Gasteiger partial charge in [0.15, 0.2) is 16.9 Å². The zero-order valence-corrected chi connectivity index (χ0v) is 15.1. The first-order valence-electron chi connectivity index (χ1n) is 7.67. The van der Waals surface area contributed by atoms with E-state index in [0.29, 0.717) is 0 Å². The minimum atomic E-state index is -3.07. The summed E-state index contributed by atoms with van der Waals surface area (Å²) in [6.45, 7) is -3.07. The largest absolute Gasteiger partial charge is 0.450 e. The van der Waals surface area contributed by atoms with E-state index in [1.807, 2.05) is 0 Å². The predicted octanol–water partition coefficient (Wildman–Crippen LogP) is 4.93. The molecule has 142 valence electrons. The zero-order chi connectivity index (χ0) is 19.8. The van der Waals surface area contributed by atoms with Gasteiger partial charge in [-0.2, -0.15) is 13.9 Å². The SMILES string of the molecule is O=C(Nc1c(Cl)cncc1Cl)c1ccc(OC(F)F)c2oc3ccnnc3c12. The first-order chi connectivity index (χ1) is 13.5. The van der Waals surface area contributed by atoms with Crippen molar-refractivity contribution in [3.63, 3.8) is 0 Å². The minimum absolute atomic E-state index is 0.0598. The number of aromatic nitrogens is 3. The second-order valence-electron chi connectivity index (χ2n) is 5.47. The van der Waals surface area contributed by atoms with Crippen molar-refractivity contribution in [2.45, 2.75) is 6.61 Å². The Balaban J connectivity index is 1.88. The van der Waals surface area contributed by atoms with Crippen LogP contribution in [0.15, 0.2) is 41.2 Å². The minimum Gasteiger partial charge on any atom is -0.450 e. The topological polar surface area (TPSA) is 90.1 Å². The number of benzene rings is 1. The number of carbonyl (C=O) groups excluding carboxylic acids is 1. The van der Waals surface area contributed by atoms with E-state index < -0.39 is 12.5 Å². The molecule has 0 aliphatic rings. The average molecular weight is 425 g/mol. The van der Waals surface area contributed by atoms with E-state index in [0.717, 1.165) is 0 Å². The first-order valence-corrected chi connectivity index (χ1v) is 8.43. The second-order valence-corrected chi connectivity index (χ2v) is 6.29. The summed E-state index contributed by atoms with van der Waals surface area (Å²) in [6, 6.07) is 4.00. The summed E-state index contributed by atoms with van der Waals surface area (Å²) in [5.74, 6) is -0.850. The molecule has 1 amide bonds. The number of amides is 1. The summed E-state index contributed by atoms with van der Waals surface area (Å²) < 4.78 is 35.5. The van der Waals surface area contributed by atoms with Crippen LogP contribution in [0.2, 0.25) is 10.0 Å². The van der Waals surface area contributed by atoms with Crippen molar-refractivity contribution in [2.75, 3.05) is 5.32 Å². The van der Waals surface area contributed by atoms with Crippen molar-refractivity contribution in [1.29, 1.82) is 0 Å². The number of nitrogens with one attached hydrogen (secondary N) is 1. The molecule has 1 N–H and O–H groups in total. The number of pyridine rings is 1. The number of rotatable bonds is 4. The lowest BCUT2D eigenvalue weighted by atomic mass is 10.1. The second kappa shape index (κ2) is 7.17. The van der Waals surface area contributed by atoms with Gasteiger partial charge in [-0.05, 0) is 12.1 Å². The van der Waals surface area contributed by atoms with Crippen molar-refractivity contribution in [2.24, 2.45) is 0 Å². The maximum Gasteiger partial charge on any atom is 0.387 e. The molecule has 0 aliphatic heterocycles. The monoisotopic (exact) mass is 424 g/mol. The van der Waals surface area contributed by atoms with Crippen LogP contribution < -0.4 is 10.1 Å². The van der Waals surface area contributed by atoms with Gasteiger partial charge in [0.1, 0.15) is 5.52 Å². The highest BCUT2D eigenvalue weighted by Crippen LogP contribution is 2.37. The van der Waals surface area contributed by atoms with Crippen molar-refractivity contribution in [3.05, 3.63) is 52.4 Å². The van der Waals surface area contributed by atoms with Gasteiger partial charge in [-0.1, -0.05) is 23.2 Å². The fourth-order valence-electron chi connectivity index (χ4n) is 2.68. The number of nitrogens with zero attached hydrogens (tertiary/aromatic N) is 3. The molecule has 28 heavy (non-hydrogen) atoms. The molecule has 1 aromatic carbocycles. The van der Waals surface area contributed by atoms with Crippen LogP contribution in [-0.4, -0.2) is 27.7 Å². The van der Waals surface area contributed by atoms with Crippen LogP contribution in [0.25, 0.3) is 22.1 Å². The van der Waals surface area contributed by atoms with Crippen LogP contribution in [-0.2, 0) is 0 Å². The highest BCUT2D eigenvalue weighted by molar-refractivity contribution is 6.40. The molecule has 4 rings (SSSR count). The molecule has 4 aromatic rings. The Bertz CT molecular complexity index is 1200. The molecule has 11 heteroatoms. The molecule has 0 spiro atoms. The fraction of sp³-hybridized carbons (Fsp3) is 0.0588. The third kappa shape index (κ3) is 3.19. The van der Waals surface area contributed by atoms with Gasteiger partial charge in [-0.15, -0.1) is 5.10 Å². The lowest BCUT2D eigenvalue weighted by Gasteiger charge is -2.10. The van der Waals surface area contributed by atoms with E-state index in [1.165, 1.54) is 36.8 Å². The summed E-state index contributed by atoms with van der Waals surface area (Å²) in [4.78, 5) is 16.7. The number of hydrogen-bond acceptors (Lipinski definition) is 6. The molecule has 0 fully saturated rings. The zero-order valence-electron chi connectivity index (χ0n) is 13.6. The normalized spacial score (nSPS) is 11.3. The molecule has 0 atom stereocenters. The number of furan rings is 1. The lowest BCUT2D eigenvalue weighted by Crippen LogP contribution is -2.13. The summed E-state index contributed by atoms with van der Waals surface area (Å²) in [5.41, 5.74) is 0.650. The van der Waals surface area contributed by atoms with E-state index in [-0.39, 0.29) is 49.1 Å². The van der Waals surface area contributed by atoms with Gasteiger partial charge in [0.05, 0.1) is 32.9 Å². The smallest absolute Gasteiger partial charge is 0.387 e. The third-order valence-corrected chi connectivity index (χ3v) is 4.38. The molecule has 0 saturated carbocycles. The van der Waals surface area contributed by atoms with E-state index in [4.69, 9.17) is 27.6 Å². The van der Waals surface area contributed by atoms with Crippen LogP contribution in [0.5, 0.6) is 5.75 Å². The van der Waals surface area contributed by atoms with Crippen LogP contribution in [0.1, 0.15) is 10.4 Å². The van der Waals surface area contributed by atoms with Gasteiger partial charge >= 0.3 is 6.61 Å². The number of halogens is 4. The number of hydrogen-bond donors (Lipinski definition) is 1. The van der Waals surface area contributed by atoms with Gasteiger partial charge < -0.3 is 14.5 Å². The Morgan fingerprint density at radius 3 is 2.64 bits per heavy atom. The Kier molecular flexibility index (Phi) is 4.70. The van der Waals surface area contributed by atoms with Gasteiger partial charge in [0, 0.05) is 18.5 Å². The highest BCUT2D eigenvalue weighted by atomic mass is 35.5. The van der Waals surface area contributed by atoms with E-state index in [9.17, 15) is 13.6 Å². The molecular weight excluding hydrogens is 417 g/mol. The molecule has 0 bridgehead atoms. The van der Waals surface area contributed by atoms with Crippen molar-refractivity contribution < 1.29 is 22.7 Å². The number of carbonyl (C=O) groups is 1. The van der Waals surface area contributed by atoms with Crippen molar-refractivity contribution in [1.82, 2.24) is 15.2 Å². The Hall–Kier alpha value is -3.04. The van der Waals surface area contributed by atoms with Crippen LogP contribution >= 0.6 is 23.2 Å². The first kappa shape index (κ1) is 18.3. The van der Waals surface area contributed by atoms with Crippen LogP contribution in [0.3, 0.4) is 0 Å². The number of ether oxygens (including phenoxy) is 1. The Morgan fingerprint density at radius 1 is 1.18 bits per heavy atom. The molecule has 3 heterocycles. The number of fused-ring (bicyclic) bond motifs is 3. The molecule has 7 nitrogen and oxygen atoms in total. The van der Waals surface area contributed by atoms with Gasteiger partial charge in [0.2, 0.25) is 0 Å². The molecule has 3 aromatic heterocycles. The maximum atomic E-state index is 12.9. The van der Waals surface area contributed by atoms with Crippen molar-refractivity contribution >= 4 is 56.9 Å². The van der Waals surface area contributed by atoms with Crippen molar-refractivity contribution in [3.8, 4) is 5.75 Å². The van der Waals surface area contributed by atoms with Gasteiger partial charge in [0.25, 0.3) is 5.91 Å². The standard InChI is InChI=1S/C17H8Cl2F2N4O3/c18-8-5-22-6-9(19)13(8)24-16(26)7-1-2-11(28-17(20)21)15-12(7)14-10(27-15)3-4-23-25-14/h1-6,17H,(H,22,24,26). The summed E-state index contributed by atoms with van der Waals surface area (Å²) >= 11 is 12.1. The summed E-state index contributed by atoms with van der Waals surface area (Å²) in [6.07, 6.45) is 4.00. The summed E-state index contributed by atoms with van der Waals surface area (Å²) in [5, 5.41) is 10.7. The maximum absolute atomic E-state index is 12.9. The molecule has 0 unspecified atom stereocenters. The molecule has 0 radical (unpaired) electrons. The Morgan fingerprint density at radius 2 is 1.93 bits per heavy atom. The average Bonchev–Trinajstić information content (AvgIpc) is 3.05. The predicted molar refractivity (Wildman–Crippen MR) is 98.2 cm³/mol. The van der Waals surface area contributed by atoms with E-state index in [2.05, 4.69) is 25.2 Å². The Labute approximate surface area is 165 Å². The van der Waals surface area contributed by atoms with E-state index >= 15 is 0 Å². The molecule has 0 aliphatic carbocycles. The third-order valence-electron chi connectivity index (χ3n) is 3.81. The van der Waals surface area contributed by atoms with Crippen LogP contribution in [0.4, 0.5) is 14.5 Å². The fourth-order valence-corrected chi connectivity index (χ4v) is 3.13. The molecule has 0 saturated heterocycles. The number of alkyl halides is 2. The van der Waals surface area contributed by atoms with E-state index in [1.54, 1.807) is 0 Å². The van der Waals surface area contributed by atoms with Crippen LogP contribution in [0, 0.1) is 0 Å². The molecular formula is C17H8Cl2F2N4O3. The van der Waals surface area contributed by atoms with Gasteiger partial charge in [-0.3, -0.25) is 9.78 Å². The van der Waals surface area contributed by atoms with Gasteiger partial charge in [-0.25, -0.2) is 0 Å². The quantitative estimate of drug-likeness (QED) is 0.499. The summed E-state index contributed by atoms with van der Waals surface area (Å²) in [7, 11) is 0.